The summed E-state index contributed by atoms with van der Waals surface area (Å²) in [6, 6.07) is 21.0. The van der Waals surface area contributed by atoms with Gasteiger partial charge in [0.2, 0.25) is 11.8 Å². The van der Waals surface area contributed by atoms with Crippen molar-refractivity contribution in [3.8, 4) is 0 Å². The van der Waals surface area contributed by atoms with Gasteiger partial charge in [-0.05, 0) is 76.6 Å². The highest BCUT2D eigenvalue weighted by Crippen LogP contribution is 2.25. The maximum Gasteiger partial charge on any atom is 0.264 e. The summed E-state index contributed by atoms with van der Waals surface area (Å²) in [5.41, 5.74) is 1.51. The molecule has 202 valence electrons. The lowest BCUT2D eigenvalue weighted by Crippen LogP contribution is -2.54. The van der Waals surface area contributed by atoms with Gasteiger partial charge in [0.15, 0.2) is 0 Å². The van der Waals surface area contributed by atoms with Crippen LogP contribution in [0.2, 0.25) is 5.02 Å². The molecule has 0 heterocycles. The van der Waals surface area contributed by atoms with Gasteiger partial charge in [0.1, 0.15) is 12.6 Å². The molecular weight excluding hydrogens is 522 g/mol. The highest BCUT2D eigenvalue weighted by atomic mass is 35.5. The van der Waals surface area contributed by atoms with Crippen LogP contribution >= 0.6 is 11.6 Å². The molecule has 0 aromatic heterocycles. The number of hydrogen-bond donors (Lipinski definition) is 1. The lowest BCUT2D eigenvalue weighted by Gasteiger charge is -2.33. The van der Waals surface area contributed by atoms with Crippen LogP contribution in [0.15, 0.2) is 83.8 Å². The monoisotopic (exact) mass is 555 g/mol. The standard InChI is InChI=1S/C29H34ClN3O4S/c1-21-11-17-26(18-12-21)38(36,37)33(25-9-7-6-8-10-25)20-27(34)32(19-23-13-15-24(30)16-14-23)22(2)28(35)31-29(3,4)5/h6-18,22H,19-20H2,1-5H3,(H,31,35)/t22-/m1/s1. The van der Waals surface area contributed by atoms with E-state index in [1.54, 1.807) is 73.7 Å². The van der Waals surface area contributed by atoms with Gasteiger partial charge in [-0.3, -0.25) is 13.9 Å². The number of carbonyl (C=O) groups excluding carboxylic acids is 2. The number of benzene rings is 3. The molecule has 0 spiro atoms. The van der Waals surface area contributed by atoms with Gasteiger partial charge in [0.25, 0.3) is 10.0 Å². The molecule has 0 radical (unpaired) electrons. The lowest BCUT2D eigenvalue weighted by molar-refractivity contribution is -0.140. The number of halogens is 1. The van der Waals surface area contributed by atoms with Gasteiger partial charge in [0.05, 0.1) is 10.6 Å². The number of nitrogens with zero attached hydrogens (tertiary/aromatic N) is 2. The van der Waals surface area contributed by atoms with Crippen LogP contribution in [0, 0.1) is 6.92 Å². The number of carbonyl (C=O) groups is 2. The summed E-state index contributed by atoms with van der Waals surface area (Å²) in [6.07, 6.45) is 0. The molecule has 2 amide bonds. The Hall–Kier alpha value is -3.36. The minimum Gasteiger partial charge on any atom is -0.350 e. The van der Waals surface area contributed by atoms with Gasteiger partial charge in [-0.1, -0.05) is 59.6 Å². The molecule has 7 nitrogen and oxygen atoms in total. The van der Waals surface area contributed by atoms with E-state index in [1.165, 1.54) is 17.0 Å². The quantitative estimate of drug-likeness (QED) is 0.394. The summed E-state index contributed by atoms with van der Waals surface area (Å²) in [6.45, 7) is 8.68. The first-order valence-electron chi connectivity index (χ1n) is 12.3. The Balaban J connectivity index is 2.00. The van der Waals surface area contributed by atoms with Crippen molar-refractivity contribution in [1.82, 2.24) is 10.2 Å². The number of hydrogen-bond acceptors (Lipinski definition) is 4. The molecule has 3 aromatic rings. The average Bonchev–Trinajstić information content (AvgIpc) is 2.86. The van der Waals surface area contributed by atoms with Crippen molar-refractivity contribution >= 4 is 39.1 Å². The van der Waals surface area contributed by atoms with Crippen LogP contribution < -0.4 is 9.62 Å². The van der Waals surface area contributed by atoms with Crippen molar-refractivity contribution in [2.24, 2.45) is 0 Å². The third-order valence-electron chi connectivity index (χ3n) is 5.86. The topological polar surface area (TPSA) is 86.8 Å². The summed E-state index contributed by atoms with van der Waals surface area (Å²) in [5.74, 6) is -0.858. The zero-order chi connectivity index (χ0) is 28.1. The van der Waals surface area contributed by atoms with Gasteiger partial charge in [-0.15, -0.1) is 0 Å². The summed E-state index contributed by atoms with van der Waals surface area (Å²) >= 11 is 6.03. The van der Waals surface area contributed by atoms with E-state index in [2.05, 4.69) is 5.32 Å². The van der Waals surface area contributed by atoms with E-state index >= 15 is 0 Å². The third-order valence-corrected chi connectivity index (χ3v) is 7.90. The van der Waals surface area contributed by atoms with Crippen molar-refractivity contribution in [3.05, 3.63) is 95.0 Å². The zero-order valence-corrected chi connectivity index (χ0v) is 23.9. The SMILES string of the molecule is Cc1ccc(S(=O)(=O)N(CC(=O)N(Cc2ccc(Cl)cc2)[C@H](C)C(=O)NC(C)(C)C)c2ccccc2)cc1. The fourth-order valence-corrected chi connectivity index (χ4v) is 5.34. The fourth-order valence-electron chi connectivity index (χ4n) is 3.80. The van der Waals surface area contributed by atoms with Crippen molar-refractivity contribution in [3.63, 3.8) is 0 Å². The van der Waals surface area contributed by atoms with E-state index in [-0.39, 0.29) is 17.3 Å². The van der Waals surface area contributed by atoms with E-state index in [0.29, 0.717) is 10.7 Å². The van der Waals surface area contributed by atoms with Gasteiger partial charge >= 0.3 is 0 Å². The van der Waals surface area contributed by atoms with Gasteiger partial charge in [0, 0.05) is 17.1 Å². The number of sulfonamides is 1. The summed E-state index contributed by atoms with van der Waals surface area (Å²) in [5, 5.41) is 3.46. The van der Waals surface area contributed by atoms with Crippen LogP contribution in [0.3, 0.4) is 0 Å². The Morgan fingerprint density at radius 2 is 1.50 bits per heavy atom. The minimum atomic E-state index is -4.08. The minimum absolute atomic E-state index is 0.0718. The van der Waals surface area contributed by atoms with E-state index < -0.39 is 34.1 Å². The number of rotatable bonds is 9. The Labute approximate surface area is 230 Å². The molecular formula is C29H34ClN3O4S. The molecule has 3 rings (SSSR count). The Morgan fingerprint density at radius 1 is 0.921 bits per heavy atom. The predicted octanol–water partition coefficient (Wildman–Crippen LogP) is 5.18. The molecule has 0 bridgehead atoms. The first kappa shape index (κ1) is 29.2. The molecule has 9 heteroatoms. The molecule has 1 atom stereocenters. The van der Waals surface area contributed by atoms with Gasteiger partial charge < -0.3 is 10.2 Å². The van der Waals surface area contributed by atoms with Crippen LogP contribution in [-0.4, -0.2) is 43.3 Å². The molecule has 0 aliphatic rings. The maximum atomic E-state index is 13.9. The smallest absolute Gasteiger partial charge is 0.264 e. The number of para-hydroxylation sites is 1. The van der Waals surface area contributed by atoms with Crippen molar-refractivity contribution in [2.75, 3.05) is 10.8 Å². The molecule has 0 aliphatic heterocycles. The number of nitrogens with one attached hydrogen (secondary N) is 1. The molecule has 1 N–H and O–H groups in total. The normalized spacial score (nSPS) is 12.5. The second kappa shape index (κ2) is 12.0. The third kappa shape index (κ3) is 7.58. The van der Waals surface area contributed by atoms with E-state index in [0.717, 1.165) is 15.4 Å². The second-order valence-electron chi connectivity index (χ2n) is 10.2. The van der Waals surface area contributed by atoms with E-state index in [4.69, 9.17) is 11.6 Å². The highest BCUT2D eigenvalue weighted by molar-refractivity contribution is 7.92. The zero-order valence-electron chi connectivity index (χ0n) is 22.3. The summed E-state index contributed by atoms with van der Waals surface area (Å²) in [7, 11) is -4.08. The van der Waals surface area contributed by atoms with E-state index in [9.17, 15) is 18.0 Å². The van der Waals surface area contributed by atoms with Crippen molar-refractivity contribution < 1.29 is 18.0 Å². The van der Waals surface area contributed by atoms with Crippen LogP contribution in [0.5, 0.6) is 0 Å². The predicted molar refractivity (Wildman–Crippen MR) is 152 cm³/mol. The largest absolute Gasteiger partial charge is 0.350 e. The molecule has 0 unspecified atom stereocenters. The summed E-state index contributed by atoms with van der Waals surface area (Å²) in [4.78, 5) is 28.4. The van der Waals surface area contributed by atoms with Gasteiger partial charge in [-0.2, -0.15) is 0 Å². The Morgan fingerprint density at radius 3 is 2.05 bits per heavy atom. The van der Waals surface area contributed by atoms with Crippen LogP contribution in [0.4, 0.5) is 5.69 Å². The highest BCUT2D eigenvalue weighted by Gasteiger charge is 2.33. The van der Waals surface area contributed by atoms with Crippen LogP contribution in [0.25, 0.3) is 0 Å². The molecule has 3 aromatic carbocycles. The Kier molecular flexibility index (Phi) is 9.22. The van der Waals surface area contributed by atoms with E-state index in [1.807, 2.05) is 27.7 Å². The van der Waals surface area contributed by atoms with Gasteiger partial charge in [-0.25, -0.2) is 8.42 Å². The Bertz CT molecular complexity index is 1350. The first-order chi connectivity index (χ1) is 17.8. The maximum absolute atomic E-state index is 13.9. The van der Waals surface area contributed by atoms with Crippen LogP contribution in [0.1, 0.15) is 38.8 Å². The average molecular weight is 556 g/mol. The molecule has 0 saturated carbocycles. The lowest BCUT2D eigenvalue weighted by atomic mass is 10.1. The molecule has 0 saturated heterocycles. The van der Waals surface area contributed by atoms with Crippen molar-refractivity contribution in [2.45, 2.75) is 57.6 Å². The number of aryl methyl sites for hydroxylation is 1. The second-order valence-corrected chi connectivity index (χ2v) is 12.5. The summed E-state index contributed by atoms with van der Waals surface area (Å²) < 4.78 is 28.6. The molecule has 0 aliphatic carbocycles. The first-order valence-corrected chi connectivity index (χ1v) is 14.1. The molecule has 38 heavy (non-hydrogen) atoms. The molecule has 0 fully saturated rings. The van der Waals surface area contributed by atoms with Crippen LogP contribution in [-0.2, 0) is 26.2 Å². The fraction of sp³-hybridized carbons (Fsp3) is 0.310. The number of amides is 2. The number of anilines is 1. The van der Waals surface area contributed by atoms with Crippen molar-refractivity contribution in [1.29, 1.82) is 0 Å².